The van der Waals surface area contributed by atoms with E-state index in [9.17, 15) is 0 Å². The van der Waals surface area contributed by atoms with Crippen molar-refractivity contribution >= 4 is 0 Å². The number of hydrogen-bond acceptors (Lipinski definition) is 3. The minimum atomic E-state index is -0.560. The standard InChI is InChI=1S/C10H20O.C3H8O2/c1-10(2,3)11-9-7-5-4-6-8-9;1-3(5)2-4/h9H,4-8H2,1-3H3;3-5H,2H2,1H3. The summed E-state index contributed by atoms with van der Waals surface area (Å²) in [6.07, 6.45) is 6.67. The third-order valence-electron chi connectivity index (χ3n) is 2.34. The molecule has 0 amide bonds. The molecule has 0 aliphatic heterocycles. The van der Waals surface area contributed by atoms with Gasteiger partial charge in [0, 0.05) is 0 Å². The lowest BCUT2D eigenvalue weighted by Gasteiger charge is -2.30. The Labute approximate surface area is 99.8 Å². The summed E-state index contributed by atoms with van der Waals surface area (Å²) in [5, 5.41) is 16.0. The van der Waals surface area contributed by atoms with E-state index in [1.54, 1.807) is 0 Å². The average Bonchev–Trinajstić information content (AvgIpc) is 2.17. The highest BCUT2D eigenvalue weighted by molar-refractivity contribution is 4.70. The number of ether oxygens (including phenoxy) is 1. The first-order valence-corrected chi connectivity index (χ1v) is 6.32. The van der Waals surface area contributed by atoms with Gasteiger partial charge in [0.2, 0.25) is 0 Å². The molecule has 1 rings (SSSR count). The van der Waals surface area contributed by atoms with E-state index in [1.165, 1.54) is 39.0 Å². The summed E-state index contributed by atoms with van der Waals surface area (Å²) in [4.78, 5) is 0. The van der Waals surface area contributed by atoms with Crippen molar-refractivity contribution in [3.63, 3.8) is 0 Å². The van der Waals surface area contributed by atoms with Crippen LogP contribution in [0, 0.1) is 0 Å². The number of aliphatic hydroxyl groups is 2. The fourth-order valence-corrected chi connectivity index (χ4v) is 1.68. The van der Waals surface area contributed by atoms with Gasteiger partial charge in [0.25, 0.3) is 0 Å². The lowest BCUT2D eigenvalue weighted by atomic mass is 9.97. The lowest BCUT2D eigenvalue weighted by Crippen LogP contribution is -2.28. The van der Waals surface area contributed by atoms with Crippen LogP contribution in [-0.2, 0) is 4.74 Å². The van der Waals surface area contributed by atoms with E-state index >= 15 is 0 Å². The topological polar surface area (TPSA) is 49.7 Å². The van der Waals surface area contributed by atoms with E-state index in [-0.39, 0.29) is 12.2 Å². The van der Waals surface area contributed by atoms with Crippen LogP contribution in [0.3, 0.4) is 0 Å². The second-order valence-corrected chi connectivity index (χ2v) is 5.52. The second-order valence-electron chi connectivity index (χ2n) is 5.52. The fourth-order valence-electron chi connectivity index (χ4n) is 1.68. The zero-order valence-electron chi connectivity index (χ0n) is 11.2. The Morgan fingerprint density at radius 3 is 1.94 bits per heavy atom. The maximum absolute atomic E-state index is 8.11. The highest BCUT2D eigenvalue weighted by atomic mass is 16.5. The van der Waals surface area contributed by atoms with E-state index < -0.39 is 6.10 Å². The van der Waals surface area contributed by atoms with Gasteiger partial charge in [-0.2, -0.15) is 0 Å². The monoisotopic (exact) mass is 232 g/mol. The molecular formula is C13H28O3. The highest BCUT2D eigenvalue weighted by Gasteiger charge is 2.20. The normalized spacial score (nSPS) is 19.9. The minimum absolute atomic E-state index is 0.0575. The molecule has 0 saturated heterocycles. The largest absolute Gasteiger partial charge is 0.394 e. The molecule has 1 atom stereocenters. The zero-order chi connectivity index (χ0) is 12.6. The smallest absolute Gasteiger partial charge is 0.0742 e. The van der Waals surface area contributed by atoms with Crippen LogP contribution < -0.4 is 0 Å². The van der Waals surface area contributed by atoms with Crippen molar-refractivity contribution in [2.45, 2.75) is 77.6 Å². The SMILES string of the molecule is CC(C)(C)OC1CCCCC1.CC(O)CO. The van der Waals surface area contributed by atoms with Crippen molar-refractivity contribution in [3.05, 3.63) is 0 Å². The maximum atomic E-state index is 8.11. The van der Waals surface area contributed by atoms with Gasteiger partial charge in [-0.25, -0.2) is 0 Å². The third kappa shape index (κ3) is 10.4. The van der Waals surface area contributed by atoms with Gasteiger partial charge in [-0.05, 0) is 40.5 Å². The van der Waals surface area contributed by atoms with Crippen molar-refractivity contribution < 1.29 is 14.9 Å². The molecule has 0 radical (unpaired) electrons. The summed E-state index contributed by atoms with van der Waals surface area (Å²) >= 11 is 0. The lowest BCUT2D eigenvalue weighted by molar-refractivity contribution is -0.0732. The van der Waals surface area contributed by atoms with Crippen molar-refractivity contribution in [3.8, 4) is 0 Å². The summed E-state index contributed by atoms with van der Waals surface area (Å²) in [7, 11) is 0. The van der Waals surface area contributed by atoms with Gasteiger partial charge in [-0.15, -0.1) is 0 Å². The van der Waals surface area contributed by atoms with Crippen molar-refractivity contribution in [1.82, 2.24) is 0 Å². The Hall–Kier alpha value is -0.120. The molecule has 98 valence electrons. The summed E-state index contributed by atoms with van der Waals surface area (Å²) in [6.45, 7) is 7.81. The van der Waals surface area contributed by atoms with E-state index in [2.05, 4.69) is 20.8 Å². The van der Waals surface area contributed by atoms with Gasteiger partial charge in [-0.3, -0.25) is 0 Å². The van der Waals surface area contributed by atoms with Crippen LogP contribution in [0.5, 0.6) is 0 Å². The molecule has 3 heteroatoms. The van der Waals surface area contributed by atoms with Crippen molar-refractivity contribution in [2.24, 2.45) is 0 Å². The molecule has 1 aliphatic carbocycles. The van der Waals surface area contributed by atoms with Crippen LogP contribution in [0.1, 0.15) is 59.8 Å². The number of aliphatic hydroxyl groups excluding tert-OH is 2. The van der Waals surface area contributed by atoms with Crippen LogP contribution >= 0.6 is 0 Å². The molecule has 3 nitrogen and oxygen atoms in total. The van der Waals surface area contributed by atoms with Crippen LogP contribution in [-0.4, -0.2) is 34.6 Å². The van der Waals surface area contributed by atoms with E-state index in [1.807, 2.05) is 0 Å². The van der Waals surface area contributed by atoms with Gasteiger partial charge in [0.05, 0.1) is 24.4 Å². The Kier molecular flexibility index (Phi) is 7.98. The molecule has 0 aromatic heterocycles. The molecule has 1 fully saturated rings. The molecule has 2 N–H and O–H groups in total. The maximum Gasteiger partial charge on any atom is 0.0742 e. The number of hydrogen-bond donors (Lipinski definition) is 2. The molecular weight excluding hydrogens is 204 g/mol. The van der Waals surface area contributed by atoms with Crippen LogP contribution in [0.25, 0.3) is 0 Å². The predicted octanol–water partition coefficient (Wildman–Crippen LogP) is 2.49. The number of rotatable bonds is 2. The summed E-state index contributed by atoms with van der Waals surface area (Å²) < 4.78 is 5.88. The molecule has 1 saturated carbocycles. The molecule has 16 heavy (non-hydrogen) atoms. The van der Waals surface area contributed by atoms with Crippen LogP contribution in [0.2, 0.25) is 0 Å². The van der Waals surface area contributed by atoms with Gasteiger partial charge >= 0.3 is 0 Å². The second kappa shape index (κ2) is 8.04. The summed E-state index contributed by atoms with van der Waals surface area (Å²) in [5.74, 6) is 0. The van der Waals surface area contributed by atoms with E-state index in [0.29, 0.717) is 6.10 Å². The fraction of sp³-hybridized carbons (Fsp3) is 1.00. The first kappa shape index (κ1) is 15.9. The molecule has 1 unspecified atom stereocenters. The molecule has 0 bridgehead atoms. The minimum Gasteiger partial charge on any atom is -0.394 e. The summed E-state index contributed by atoms with van der Waals surface area (Å²) in [5.41, 5.74) is 0.0575. The van der Waals surface area contributed by atoms with E-state index in [0.717, 1.165) is 0 Å². The van der Waals surface area contributed by atoms with E-state index in [4.69, 9.17) is 14.9 Å². The van der Waals surface area contributed by atoms with Gasteiger partial charge < -0.3 is 14.9 Å². The molecule has 0 aromatic rings. The van der Waals surface area contributed by atoms with Crippen molar-refractivity contribution in [1.29, 1.82) is 0 Å². The van der Waals surface area contributed by atoms with Crippen molar-refractivity contribution in [2.75, 3.05) is 6.61 Å². The molecule has 0 spiro atoms. The highest BCUT2D eigenvalue weighted by Crippen LogP contribution is 2.24. The Morgan fingerprint density at radius 1 is 1.19 bits per heavy atom. The first-order valence-electron chi connectivity index (χ1n) is 6.32. The third-order valence-corrected chi connectivity index (χ3v) is 2.34. The van der Waals surface area contributed by atoms with Gasteiger partial charge in [-0.1, -0.05) is 19.3 Å². The predicted molar refractivity (Wildman–Crippen MR) is 66.5 cm³/mol. The zero-order valence-corrected chi connectivity index (χ0v) is 11.2. The van der Waals surface area contributed by atoms with Crippen LogP contribution in [0.15, 0.2) is 0 Å². The first-order chi connectivity index (χ1) is 7.35. The van der Waals surface area contributed by atoms with Gasteiger partial charge in [0.1, 0.15) is 0 Å². The molecule has 0 heterocycles. The molecule has 1 aliphatic rings. The quantitative estimate of drug-likeness (QED) is 0.769. The van der Waals surface area contributed by atoms with Crippen LogP contribution in [0.4, 0.5) is 0 Å². The Bertz CT molecular complexity index is 155. The Morgan fingerprint density at radius 2 is 1.62 bits per heavy atom. The molecule has 0 aromatic carbocycles. The average molecular weight is 232 g/mol. The summed E-state index contributed by atoms with van der Waals surface area (Å²) in [6, 6.07) is 0. The van der Waals surface area contributed by atoms with Gasteiger partial charge in [0.15, 0.2) is 0 Å². The Balaban J connectivity index is 0.000000385.